The van der Waals surface area contributed by atoms with E-state index in [4.69, 9.17) is 9.47 Å². The fraction of sp³-hybridized carbons (Fsp3) is 0.760. The van der Waals surface area contributed by atoms with Crippen molar-refractivity contribution in [3.8, 4) is 0 Å². The number of ether oxygens (including phenoxy) is 2. The Kier molecular flexibility index (Phi) is 8.23. The molecule has 0 radical (unpaired) electrons. The van der Waals surface area contributed by atoms with E-state index in [1.165, 1.54) is 4.90 Å². The number of allylic oxidation sites excluding steroid dienone is 1. The quantitative estimate of drug-likeness (QED) is 0.404. The van der Waals surface area contributed by atoms with Crippen LogP contribution < -0.4 is 5.32 Å². The first-order chi connectivity index (χ1) is 15.6. The number of aliphatic hydroxyl groups excluding tert-OH is 1. The van der Waals surface area contributed by atoms with E-state index in [0.29, 0.717) is 6.42 Å². The van der Waals surface area contributed by atoms with Crippen LogP contribution in [0.15, 0.2) is 12.7 Å². The maximum absolute atomic E-state index is 13.6. The zero-order valence-electron chi connectivity index (χ0n) is 21.5. The maximum Gasteiger partial charge on any atom is 0.408 e. The van der Waals surface area contributed by atoms with Crippen LogP contribution in [0.1, 0.15) is 67.7 Å². The van der Waals surface area contributed by atoms with Crippen molar-refractivity contribution in [2.75, 3.05) is 13.2 Å². The Morgan fingerprint density at radius 1 is 1.21 bits per heavy atom. The van der Waals surface area contributed by atoms with Gasteiger partial charge in [-0.25, -0.2) is 4.79 Å². The molecule has 192 valence electrons. The highest BCUT2D eigenvalue weighted by Gasteiger charge is 2.61. The molecule has 1 heterocycles. The number of carbonyl (C=O) groups excluding carboxylic acids is 4. The van der Waals surface area contributed by atoms with Crippen molar-refractivity contribution in [3.05, 3.63) is 12.7 Å². The third-order valence-electron chi connectivity index (χ3n) is 6.30. The summed E-state index contributed by atoms with van der Waals surface area (Å²) < 4.78 is 10.5. The Morgan fingerprint density at radius 2 is 1.82 bits per heavy atom. The summed E-state index contributed by atoms with van der Waals surface area (Å²) in [6.07, 6.45) is 0.477. The van der Waals surface area contributed by atoms with Crippen molar-refractivity contribution in [2.24, 2.45) is 16.7 Å². The monoisotopic (exact) mass is 480 g/mol. The Hall–Kier alpha value is -2.42. The number of Topliss-reactive ketones (excluding diaryl/α,β-unsaturated/α-hetero) is 1. The van der Waals surface area contributed by atoms with Crippen LogP contribution in [0.4, 0.5) is 4.79 Å². The van der Waals surface area contributed by atoms with Crippen LogP contribution in [-0.2, 0) is 23.9 Å². The molecular weight excluding hydrogens is 440 g/mol. The molecule has 2 amide bonds. The Balaban J connectivity index is 2.24. The molecule has 0 unspecified atom stereocenters. The van der Waals surface area contributed by atoms with Crippen LogP contribution in [0.2, 0.25) is 0 Å². The molecule has 2 fully saturated rings. The van der Waals surface area contributed by atoms with Gasteiger partial charge in [0.15, 0.2) is 5.78 Å². The van der Waals surface area contributed by atoms with E-state index in [-0.39, 0.29) is 37.7 Å². The molecule has 9 nitrogen and oxygen atoms in total. The number of aliphatic hydroxyl groups is 1. The molecular formula is C25H40N2O7. The van der Waals surface area contributed by atoms with Gasteiger partial charge in [0.1, 0.15) is 11.6 Å². The number of nitrogens with one attached hydrogen (secondary N) is 1. The summed E-state index contributed by atoms with van der Waals surface area (Å²) in [5, 5.41) is 13.0. The number of likely N-dealkylation sites (tertiary alicyclic amines) is 1. The molecule has 0 spiro atoms. The van der Waals surface area contributed by atoms with Gasteiger partial charge >= 0.3 is 12.1 Å². The fourth-order valence-electron chi connectivity index (χ4n) is 4.46. The molecule has 0 aromatic rings. The molecule has 0 aromatic carbocycles. The number of nitrogens with zero attached hydrogens (tertiary/aromatic N) is 1. The molecule has 34 heavy (non-hydrogen) atoms. The van der Waals surface area contributed by atoms with Crippen LogP contribution in [0, 0.1) is 16.7 Å². The van der Waals surface area contributed by atoms with Crippen molar-refractivity contribution in [1.29, 1.82) is 0 Å². The van der Waals surface area contributed by atoms with Gasteiger partial charge in [-0.15, -0.1) is 6.58 Å². The highest BCUT2D eigenvalue weighted by atomic mass is 16.6. The maximum atomic E-state index is 13.6. The summed E-state index contributed by atoms with van der Waals surface area (Å²) in [6, 6.07) is -1.88. The van der Waals surface area contributed by atoms with E-state index in [0.717, 1.165) is 0 Å². The van der Waals surface area contributed by atoms with Crippen LogP contribution in [0.5, 0.6) is 0 Å². The summed E-state index contributed by atoms with van der Waals surface area (Å²) in [4.78, 5) is 53.3. The van der Waals surface area contributed by atoms with Crippen molar-refractivity contribution < 1.29 is 33.8 Å². The number of ketones is 1. The third-order valence-corrected chi connectivity index (χ3v) is 6.30. The largest absolute Gasteiger partial charge is 0.466 e. The molecule has 1 aliphatic heterocycles. The average molecular weight is 481 g/mol. The lowest BCUT2D eigenvalue weighted by Gasteiger charge is -2.36. The predicted molar refractivity (Wildman–Crippen MR) is 126 cm³/mol. The summed E-state index contributed by atoms with van der Waals surface area (Å²) in [5.74, 6) is -1.40. The number of hydrogen-bond acceptors (Lipinski definition) is 7. The minimum atomic E-state index is -0.983. The van der Waals surface area contributed by atoms with E-state index in [2.05, 4.69) is 11.9 Å². The molecule has 5 atom stereocenters. The van der Waals surface area contributed by atoms with Crippen LogP contribution in [0.3, 0.4) is 0 Å². The van der Waals surface area contributed by atoms with E-state index in [9.17, 15) is 24.3 Å². The minimum absolute atomic E-state index is 0.0326. The van der Waals surface area contributed by atoms with Crippen molar-refractivity contribution in [1.82, 2.24) is 10.2 Å². The minimum Gasteiger partial charge on any atom is -0.466 e. The van der Waals surface area contributed by atoms with E-state index < -0.39 is 52.6 Å². The summed E-state index contributed by atoms with van der Waals surface area (Å²) in [6.45, 7) is 16.2. The highest BCUT2D eigenvalue weighted by Crippen LogP contribution is 2.57. The first-order valence-corrected chi connectivity index (χ1v) is 11.9. The zero-order chi connectivity index (χ0) is 26.1. The first kappa shape index (κ1) is 27.8. The summed E-state index contributed by atoms with van der Waals surface area (Å²) in [5.41, 5.74) is -2.40. The van der Waals surface area contributed by atoms with Crippen molar-refractivity contribution in [3.63, 3.8) is 0 Å². The number of amides is 2. The molecule has 2 rings (SSSR count). The SMILES string of the molecule is C=C[C@@H]1C[C@]1(CC(=O)[C@@H]1C[C@H](O)CN1C(=O)[C@@H](NC(=O)OC(C)(C)C)C(C)(C)C)C(=O)OCC. The fourth-order valence-corrected chi connectivity index (χ4v) is 4.46. The van der Waals surface area contributed by atoms with Gasteiger partial charge in [-0.05, 0) is 45.4 Å². The van der Waals surface area contributed by atoms with Gasteiger partial charge in [-0.2, -0.15) is 0 Å². The van der Waals surface area contributed by atoms with Gasteiger partial charge in [0.25, 0.3) is 0 Å². The van der Waals surface area contributed by atoms with Gasteiger partial charge in [0.05, 0.1) is 24.2 Å². The van der Waals surface area contributed by atoms with Gasteiger partial charge in [0.2, 0.25) is 5.91 Å². The lowest BCUT2D eigenvalue weighted by molar-refractivity contribution is -0.152. The van der Waals surface area contributed by atoms with E-state index in [1.807, 2.05) is 0 Å². The topological polar surface area (TPSA) is 122 Å². The van der Waals surface area contributed by atoms with Crippen molar-refractivity contribution >= 4 is 23.8 Å². The van der Waals surface area contributed by atoms with Gasteiger partial charge in [-0.3, -0.25) is 14.4 Å². The van der Waals surface area contributed by atoms with Crippen LogP contribution in [-0.4, -0.2) is 70.7 Å². The normalized spacial score (nSPS) is 27.5. The summed E-state index contributed by atoms with van der Waals surface area (Å²) >= 11 is 0. The second kappa shape index (κ2) is 10.1. The van der Waals surface area contributed by atoms with E-state index >= 15 is 0 Å². The predicted octanol–water partition coefficient (Wildman–Crippen LogP) is 2.60. The molecule has 1 saturated heterocycles. The summed E-state index contributed by atoms with van der Waals surface area (Å²) in [7, 11) is 0. The van der Waals surface area contributed by atoms with Gasteiger partial charge in [-0.1, -0.05) is 26.8 Å². The lowest BCUT2D eigenvalue weighted by Crippen LogP contribution is -2.57. The number of esters is 1. The Morgan fingerprint density at radius 3 is 2.29 bits per heavy atom. The Bertz CT molecular complexity index is 826. The zero-order valence-corrected chi connectivity index (χ0v) is 21.5. The Labute approximate surface area is 202 Å². The standard InChI is InChI=1S/C25H40N2O7/c1-9-15-12-25(15,21(31)33-10-2)13-18(29)17-11-16(28)14-27(17)20(30)19(23(3,4)5)26-22(32)34-24(6,7)8/h9,15-17,19,28H,1,10-14H2,2-8H3,(H,26,32)/t15-,16+,17+,19-,25-/m1/s1. The van der Waals surface area contributed by atoms with Crippen LogP contribution in [0.25, 0.3) is 0 Å². The smallest absolute Gasteiger partial charge is 0.408 e. The number of carbonyl (C=O) groups is 4. The highest BCUT2D eigenvalue weighted by molar-refractivity contribution is 5.96. The van der Waals surface area contributed by atoms with Crippen LogP contribution >= 0.6 is 0 Å². The lowest BCUT2D eigenvalue weighted by atomic mass is 9.85. The first-order valence-electron chi connectivity index (χ1n) is 11.9. The van der Waals surface area contributed by atoms with Gasteiger partial charge in [0, 0.05) is 19.4 Å². The molecule has 9 heteroatoms. The third kappa shape index (κ3) is 6.37. The number of alkyl carbamates (subject to hydrolysis) is 1. The molecule has 1 saturated carbocycles. The van der Waals surface area contributed by atoms with Gasteiger partial charge < -0.3 is 24.8 Å². The number of hydrogen-bond donors (Lipinski definition) is 2. The second-order valence-corrected chi connectivity index (χ2v) is 11.4. The number of β-amino-alcohol motifs (C(OH)–C–C–N with tert-alkyl or cyclic N) is 1. The molecule has 2 N–H and O–H groups in total. The van der Waals surface area contributed by atoms with Crippen molar-refractivity contribution in [2.45, 2.75) is 91.5 Å². The number of rotatable bonds is 8. The second-order valence-electron chi connectivity index (χ2n) is 11.4. The molecule has 1 aliphatic carbocycles. The molecule has 0 bridgehead atoms. The molecule has 2 aliphatic rings. The average Bonchev–Trinajstić information content (AvgIpc) is 3.26. The molecule has 0 aromatic heterocycles. The van der Waals surface area contributed by atoms with E-state index in [1.54, 1.807) is 54.5 Å².